The number of nitrogens with zero attached hydrogens (tertiary/aromatic N) is 1. The van der Waals surface area contributed by atoms with Crippen LogP contribution in [-0.4, -0.2) is 59.2 Å². The largest absolute Gasteiger partial charge is 0.366 e. The first-order valence-corrected chi connectivity index (χ1v) is 10.8. The number of nitrogens with one attached hydrogen (secondary N) is 1. The molecule has 0 radical (unpaired) electrons. The first-order chi connectivity index (χ1) is 14.0. The monoisotopic (exact) mass is 418 g/mol. The van der Waals surface area contributed by atoms with Gasteiger partial charge in [-0.05, 0) is 36.8 Å². The Hall–Kier alpha value is -1.92. The number of carbonyl (C=O) groups is 3. The fourth-order valence-electron chi connectivity index (χ4n) is 4.82. The minimum atomic E-state index is -0.661. The molecule has 2 heterocycles. The highest BCUT2D eigenvalue weighted by Crippen LogP contribution is 2.35. The Kier molecular flexibility index (Phi) is 5.93. The maximum Gasteiger partial charge on any atom is 0.251 e. The number of hydrogen-bond donors (Lipinski definition) is 1. The summed E-state index contributed by atoms with van der Waals surface area (Å²) in [6, 6.07) is 7.61. The van der Waals surface area contributed by atoms with E-state index in [1.165, 1.54) is 0 Å². The molecule has 1 saturated carbocycles. The van der Waals surface area contributed by atoms with Crippen LogP contribution in [0, 0.1) is 11.8 Å². The summed E-state index contributed by atoms with van der Waals surface area (Å²) in [5.74, 6) is 0.0779. The summed E-state index contributed by atoms with van der Waals surface area (Å²) >= 11 is 6.37. The Morgan fingerprint density at radius 3 is 2.55 bits per heavy atom. The van der Waals surface area contributed by atoms with Gasteiger partial charge in [0.15, 0.2) is 5.78 Å². The van der Waals surface area contributed by atoms with Gasteiger partial charge in [-0.2, -0.15) is 0 Å². The Labute approximate surface area is 175 Å². The fourth-order valence-corrected chi connectivity index (χ4v) is 5.18. The third-order valence-corrected chi connectivity index (χ3v) is 6.91. The molecule has 4 rings (SSSR count). The molecule has 2 saturated heterocycles. The first kappa shape index (κ1) is 20.4. The second-order valence-corrected chi connectivity index (χ2v) is 9.09. The number of carbonyl (C=O) groups excluding carboxylic acids is 3. The summed E-state index contributed by atoms with van der Waals surface area (Å²) in [6.45, 7) is 2.47. The highest BCUT2D eigenvalue weighted by Gasteiger charge is 2.53. The van der Waals surface area contributed by atoms with Crippen LogP contribution in [0.2, 0.25) is 0 Å². The van der Waals surface area contributed by atoms with Crippen molar-refractivity contribution in [2.75, 3.05) is 13.2 Å². The highest BCUT2D eigenvalue weighted by molar-refractivity contribution is 6.22. The van der Waals surface area contributed by atoms with Crippen LogP contribution in [0.1, 0.15) is 43.0 Å². The Morgan fingerprint density at radius 2 is 1.86 bits per heavy atom. The van der Waals surface area contributed by atoms with E-state index >= 15 is 0 Å². The second-order valence-electron chi connectivity index (χ2n) is 8.53. The van der Waals surface area contributed by atoms with Gasteiger partial charge in [-0.1, -0.05) is 38.0 Å². The molecular formula is C22H27ClN2O4. The molecule has 156 valence electrons. The number of ether oxygens (including phenoxy) is 1. The quantitative estimate of drug-likeness (QED) is 0.762. The van der Waals surface area contributed by atoms with Crippen LogP contribution in [0.15, 0.2) is 30.3 Å². The molecule has 1 aliphatic carbocycles. The molecule has 29 heavy (non-hydrogen) atoms. The van der Waals surface area contributed by atoms with E-state index in [2.05, 4.69) is 12.2 Å². The van der Waals surface area contributed by atoms with Crippen molar-refractivity contribution in [2.24, 2.45) is 11.8 Å². The molecule has 3 aliphatic rings. The van der Waals surface area contributed by atoms with Gasteiger partial charge in [-0.25, -0.2) is 0 Å². The number of alkyl halides is 1. The number of likely N-dealkylation sites (tertiary alicyclic amines) is 1. The lowest BCUT2D eigenvalue weighted by Crippen LogP contribution is -2.55. The van der Waals surface area contributed by atoms with Crippen LogP contribution in [0.4, 0.5) is 0 Å². The molecule has 1 aromatic rings. The van der Waals surface area contributed by atoms with Gasteiger partial charge in [0.05, 0.1) is 5.38 Å². The number of amides is 2. The molecule has 7 heteroatoms. The zero-order chi connectivity index (χ0) is 20.5. The molecule has 4 atom stereocenters. The minimum Gasteiger partial charge on any atom is -0.366 e. The Morgan fingerprint density at radius 1 is 1.17 bits per heavy atom. The highest BCUT2D eigenvalue weighted by atomic mass is 35.5. The van der Waals surface area contributed by atoms with Crippen LogP contribution in [0.5, 0.6) is 0 Å². The molecular weight excluding hydrogens is 392 g/mol. The van der Waals surface area contributed by atoms with Crippen molar-refractivity contribution >= 4 is 29.2 Å². The summed E-state index contributed by atoms with van der Waals surface area (Å²) in [5.41, 5.74) is 0.518. The van der Waals surface area contributed by atoms with E-state index in [0.29, 0.717) is 11.5 Å². The normalized spacial score (nSPS) is 32.7. The zero-order valence-corrected chi connectivity index (χ0v) is 17.3. The Balaban J connectivity index is 1.57. The van der Waals surface area contributed by atoms with E-state index in [0.717, 1.165) is 25.7 Å². The van der Waals surface area contributed by atoms with Crippen molar-refractivity contribution in [1.82, 2.24) is 10.2 Å². The van der Waals surface area contributed by atoms with Crippen molar-refractivity contribution in [2.45, 2.75) is 56.2 Å². The number of halogens is 1. The van der Waals surface area contributed by atoms with Gasteiger partial charge in [-0.3, -0.25) is 14.4 Å². The van der Waals surface area contributed by atoms with Crippen molar-refractivity contribution in [3.63, 3.8) is 0 Å². The van der Waals surface area contributed by atoms with E-state index in [1.807, 2.05) is 6.07 Å². The number of Topliss-reactive ketones (excluding diaryl/α,β-unsaturated/α-hetero) is 1. The maximum absolute atomic E-state index is 13.6. The average molecular weight is 419 g/mol. The van der Waals surface area contributed by atoms with Gasteiger partial charge in [0, 0.05) is 12.1 Å². The van der Waals surface area contributed by atoms with Gasteiger partial charge in [0.25, 0.3) is 5.91 Å². The number of hydrogen-bond acceptors (Lipinski definition) is 4. The van der Waals surface area contributed by atoms with Gasteiger partial charge < -0.3 is 15.0 Å². The van der Waals surface area contributed by atoms with E-state index < -0.39 is 23.6 Å². The van der Waals surface area contributed by atoms with Crippen LogP contribution in [-0.2, 0) is 14.3 Å². The second kappa shape index (κ2) is 8.44. The average Bonchev–Trinajstić information content (AvgIpc) is 3.28. The summed E-state index contributed by atoms with van der Waals surface area (Å²) in [6.07, 6.45) is 3.36. The smallest absolute Gasteiger partial charge is 0.251 e. The minimum absolute atomic E-state index is 0.00961. The van der Waals surface area contributed by atoms with Crippen LogP contribution >= 0.6 is 11.6 Å². The van der Waals surface area contributed by atoms with Crippen molar-refractivity contribution in [3.05, 3.63) is 35.9 Å². The molecule has 0 bridgehead atoms. The lowest BCUT2D eigenvalue weighted by Gasteiger charge is -2.35. The van der Waals surface area contributed by atoms with E-state index in [9.17, 15) is 14.4 Å². The summed E-state index contributed by atoms with van der Waals surface area (Å²) < 4.78 is 5.51. The topological polar surface area (TPSA) is 75.7 Å². The zero-order valence-electron chi connectivity index (χ0n) is 16.6. The van der Waals surface area contributed by atoms with E-state index in [1.54, 1.807) is 29.2 Å². The molecule has 3 fully saturated rings. The first-order valence-electron chi connectivity index (χ1n) is 10.4. The lowest BCUT2D eigenvalue weighted by atomic mass is 9.78. The molecule has 0 spiro atoms. The van der Waals surface area contributed by atoms with E-state index in [4.69, 9.17) is 16.3 Å². The third-order valence-electron chi connectivity index (χ3n) is 6.53. The standard InChI is InChI=1S/C22H27ClN2O4/c1-13-7-9-14(10-8-13)18(24-21(27)15-5-3-2-4-6-15)22(28)25-11-16(23)20-19(25)17(26)12-29-20/h2-6,13-14,16,18-20H,7-12H2,1H3,(H,24,27)/t13?,14?,16-,18?,19-,20-/m1/s1. The molecule has 0 aromatic heterocycles. The van der Waals surface area contributed by atoms with Gasteiger partial charge in [-0.15, -0.1) is 11.6 Å². The van der Waals surface area contributed by atoms with Gasteiger partial charge in [0.2, 0.25) is 5.91 Å². The summed E-state index contributed by atoms with van der Waals surface area (Å²) in [5, 5.41) is 2.57. The molecule has 6 nitrogen and oxygen atoms in total. The summed E-state index contributed by atoms with van der Waals surface area (Å²) in [4.78, 5) is 40.3. The molecule has 2 amide bonds. The van der Waals surface area contributed by atoms with Crippen molar-refractivity contribution in [1.29, 1.82) is 0 Å². The number of fused-ring (bicyclic) bond motifs is 1. The van der Waals surface area contributed by atoms with Crippen LogP contribution in [0.25, 0.3) is 0 Å². The van der Waals surface area contributed by atoms with Crippen LogP contribution < -0.4 is 5.32 Å². The fraction of sp³-hybridized carbons (Fsp3) is 0.591. The molecule has 2 aliphatic heterocycles. The predicted molar refractivity (Wildman–Crippen MR) is 109 cm³/mol. The van der Waals surface area contributed by atoms with Gasteiger partial charge >= 0.3 is 0 Å². The maximum atomic E-state index is 13.6. The molecule has 1 N–H and O–H groups in total. The van der Waals surface area contributed by atoms with Crippen molar-refractivity contribution < 1.29 is 19.1 Å². The Bertz CT molecular complexity index is 778. The number of ketones is 1. The van der Waals surface area contributed by atoms with Crippen molar-refractivity contribution in [3.8, 4) is 0 Å². The SMILES string of the molecule is CC1CCC(C(NC(=O)c2ccccc2)C(=O)N2C[C@@H](Cl)[C@H]3OCC(=O)[C@H]32)CC1. The number of benzene rings is 1. The van der Waals surface area contributed by atoms with Gasteiger partial charge in [0.1, 0.15) is 24.8 Å². The van der Waals surface area contributed by atoms with Crippen LogP contribution in [0.3, 0.4) is 0 Å². The third kappa shape index (κ3) is 4.05. The van der Waals surface area contributed by atoms with E-state index in [-0.39, 0.29) is 36.7 Å². The lowest BCUT2D eigenvalue weighted by molar-refractivity contribution is -0.139. The summed E-state index contributed by atoms with van der Waals surface area (Å²) in [7, 11) is 0. The number of rotatable bonds is 4. The molecule has 1 unspecified atom stereocenters. The predicted octanol–water partition coefficient (Wildman–Crippen LogP) is 2.40. The molecule has 1 aromatic carbocycles.